The van der Waals surface area contributed by atoms with Gasteiger partial charge in [-0.2, -0.15) is 4.72 Å². The number of rotatable bonds is 6. The zero-order valence-electron chi connectivity index (χ0n) is 11.2. The molecule has 1 heterocycles. The van der Waals surface area contributed by atoms with E-state index in [0.717, 1.165) is 4.88 Å². The molecule has 0 bridgehead atoms. The summed E-state index contributed by atoms with van der Waals surface area (Å²) in [6.45, 7) is 5.40. The highest BCUT2D eigenvalue weighted by Crippen LogP contribution is 2.24. The molecule has 0 atom stereocenters. The smallest absolute Gasteiger partial charge is 0.250 e. The third-order valence-electron chi connectivity index (χ3n) is 3.12. The Bertz CT molecular complexity index is 559. The van der Waals surface area contributed by atoms with Crippen molar-refractivity contribution in [3.63, 3.8) is 0 Å². The number of hydrogen-bond acceptors (Lipinski definition) is 5. The third kappa shape index (κ3) is 3.26. The van der Waals surface area contributed by atoms with Crippen LogP contribution in [0.25, 0.3) is 0 Å². The lowest BCUT2D eigenvalue weighted by molar-refractivity contribution is 0.307. The maximum absolute atomic E-state index is 12.3. The summed E-state index contributed by atoms with van der Waals surface area (Å²) in [5, 5.41) is 11.8. The van der Waals surface area contributed by atoms with Crippen molar-refractivity contribution in [2.75, 3.05) is 0 Å². The first-order valence-corrected chi connectivity index (χ1v) is 8.19. The standard InChI is InChI=1S/C11H19N3O3S2/c1-4-11(5-2,10(12)13-15)14-19(16,17)9-7-6-8(3)18-9/h6-7,14-15H,4-5H2,1-3H3,(H2,12,13). The highest BCUT2D eigenvalue weighted by atomic mass is 32.2. The Morgan fingerprint density at radius 3 is 2.42 bits per heavy atom. The minimum atomic E-state index is -3.68. The van der Waals surface area contributed by atoms with Gasteiger partial charge in [0.2, 0.25) is 0 Å². The molecule has 0 saturated heterocycles. The monoisotopic (exact) mass is 305 g/mol. The summed E-state index contributed by atoms with van der Waals surface area (Å²) in [6, 6.07) is 3.28. The van der Waals surface area contributed by atoms with Crippen molar-refractivity contribution >= 4 is 27.2 Å². The lowest BCUT2D eigenvalue weighted by Gasteiger charge is -2.30. The minimum Gasteiger partial charge on any atom is -0.409 e. The summed E-state index contributed by atoms with van der Waals surface area (Å²) in [4.78, 5) is 0.905. The Morgan fingerprint density at radius 2 is 2.05 bits per heavy atom. The van der Waals surface area contributed by atoms with Gasteiger partial charge in [-0.25, -0.2) is 8.42 Å². The van der Waals surface area contributed by atoms with Crippen molar-refractivity contribution in [1.29, 1.82) is 0 Å². The summed E-state index contributed by atoms with van der Waals surface area (Å²) in [7, 11) is -3.68. The molecule has 0 spiro atoms. The summed E-state index contributed by atoms with van der Waals surface area (Å²) in [5.41, 5.74) is 4.58. The van der Waals surface area contributed by atoms with Gasteiger partial charge < -0.3 is 10.9 Å². The minimum absolute atomic E-state index is 0.130. The normalized spacial score (nSPS) is 13.7. The Morgan fingerprint density at radius 1 is 1.47 bits per heavy atom. The number of nitrogens with one attached hydrogen (secondary N) is 1. The van der Waals surface area contributed by atoms with Crippen LogP contribution in [0, 0.1) is 6.92 Å². The highest BCUT2D eigenvalue weighted by Gasteiger charge is 2.36. The molecule has 108 valence electrons. The molecule has 0 unspecified atom stereocenters. The van der Waals surface area contributed by atoms with Gasteiger partial charge in [0.15, 0.2) is 5.84 Å². The quantitative estimate of drug-likeness (QED) is 0.321. The van der Waals surface area contributed by atoms with Crippen molar-refractivity contribution < 1.29 is 13.6 Å². The maximum atomic E-state index is 12.3. The third-order valence-corrected chi connectivity index (χ3v) is 6.14. The number of nitrogens with zero attached hydrogens (tertiary/aromatic N) is 1. The Kier molecular flexibility index (Phi) is 4.94. The SMILES string of the molecule is CCC(CC)(NS(=O)(=O)c1ccc(C)s1)/C(N)=N/O. The van der Waals surface area contributed by atoms with E-state index in [4.69, 9.17) is 10.9 Å². The average molecular weight is 305 g/mol. The van der Waals surface area contributed by atoms with E-state index in [1.165, 1.54) is 11.3 Å². The summed E-state index contributed by atoms with van der Waals surface area (Å²) in [5.74, 6) is -0.130. The summed E-state index contributed by atoms with van der Waals surface area (Å²) in [6.07, 6.45) is 0.784. The van der Waals surface area contributed by atoms with Crippen LogP contribution in [0.15, 0.2) is 21.5 Å². The van der Waals surface area contributed by atoms with Crippen LogP contribution in [0.1, 0.15) is 31.6 Å². The van der Waals surface area contributed by atoms with Crippen molar-refractivity contribution in [3.8, 4) is 0 Å². The van der Waals surface area contributed by atoms with E-state index >= 15 is 0 Å². The predicted molar refractivity (Wildman–Crippen MR) is 76.1 cm³/mol. The van der Waals surface area contributed by atoms with Gasteiger partial charge in [-0.3, -0.25) is 0 Å². The number of thiophene rings is 1. The van der Waals surface area contributed by atoms with Gasteiger partial charge in [-0.1, -0.05) is 19.0 Å². The van der Waals surface area contributed by atoms with E-state index in [0.29, 0.717) is 12.8 Å². The summed E-state index contributed by atoms with van der Waals surface area (Å²) < 4.78 is 27.4. The molecule has 0 aliphatic heterocycles. The number of oxime groups is 1. The van der Waals surface area contributed by atoms with Crippen LogP contribution in [0.2, 0.25) is 0 Å². The van der Waals surface area contributed by atoms with Gasteiger partial charge in [-0.05, 0) is 31.9 Å². The molecule has 0 aromatic carbocycles. The molecule has 4 N–H and O–H groups in total. The van der Waals surface area contributed by atoms with Crippen molar-refractivity contribution in [2.24, 2.45) is 10.9 Å². The van der Waals surface area contributed by atoms with Crippen LogP contribution in [0.4, 0.5) is 0 Å². The largest absolute Gasteiger partial charge is 0.409 e. The molecule has 1 aromatic heterocycles. The lowest BCUT2D eigenvalue weighted by Crippen LogP contribution is -2.56. The van der Waals surface area contributed by atoms with Crippen LogP contribution >= 0.6 is 11.3 Å². The average Bonchev–Trinajstić information content (AvgIpc) is 2.82. The molecule has 0 amide bonds. The fourth-order valence-corrected chi connectivity index (χ4v) is 4.57. The highest BCUT2D eigenvalue weighted by molar-refractivity contribution is 7.91. The molecule has 8 heteroatoms. The molecule has 0 aliphatic carbocycles. The first-order chi connectivity index (χ1) is 8.81. The topological polar surface area (TPSA) is 105 Å². The Hall–Kier alpha value is -1.12. The first-order valence-electron chi connectivity index (χ1n) is 5.89. The van der Waals surface area contributed by atoms with Crippen LogP contribution in [0.5, 0.6) is 0 Å². The Labute approximate surface area is 117 Å². The van der Waals surface area contributed by atoms with E-state index in [-0.39, 0.29) is 10.0 Å². The molecule has 1 rings (SSSR count). The zero-order chi connectivity index (χ0) is 14.7. The molecule has 6 nitrogen and oxygen atoms in total. The number of hydrogen-bond donors (Lipinski definition) is 3. The molecule has 0 radical (unpaired) electrons. The van der Waals surface area contributed by atoms with E-state index < -0.39 is 15.6 Å². The molecule has 0 saturated carbocycles. The predicted octanol–water partition coefficient (Wildman–Crippen LogP) is 1.64. The maximum Gasteiger partial charge on any atom is 0.250 e. The molecular formula is C11H19N3O3S2. The molecule has 0 fully saturated rings. The van der Waals surface area contributed by atoms with Gasteiger partial charge in [0.25, 0.3) is 10.0 Å². The number of sulfonamides is 1. The van der Waals surface area contributed by atoms with E-state index in [2.05, 4.69) is 9.88 Å². The van der Waals surface area contributed by atoms with Gasteiger partial charge in [-0.15, -0.1) is 11.3 Å². The molecule has 0 aliphatic rings. The van der Waals surface area contributed by atoms with E-state index in [1.807, 2.05) is 6.92 Å². The van der Waals surface area contributed by atoms with Crippen molar-refractivity contribution in [2.45, 2.75) is 43.4 Å². The van der Waals surface area contributed by atoms with Gasteiger partial charge in [0.05, 0.1) is 5.54 Å². The molecular weight excluding hydrogens is 286 g/mol. The van der Waals surface area contributed by atoms with Crippen molar-refractivity contribution in [1.82, 2.24) is 4.72 Å². The zero-order valence-corrected chi connectivity index (χ0v) is 12.8. The van der Waals surface area contributed by atoms with E-state index in [1.54, 1.807) is 26.0 Å². The number of amidine groups is 1. The fourth-order valence-electron chi connectivity index (χ4n) is 1.77. The second-order valence-corrected chi connectivity index (χ2v) is 7.44. The summed E-state index contributed by atoms with van der Waals surface area (Å²) >= 11 is 1.18. The van der Waals surface area contributed by atoms with Gasteiger partial charge >= 0.3 is 0 Å². The van der Waals surface area contributed by atoms with Crippen LogP contribution in [-0.2, 0) is 10.0 Å². The van der Waals surface area contributed by atoms with E-state index in [9.17, 15) is 8.42 Å². The number of aryl methyl sites for hydroxylation is 1. The second-order valence-electron chi connectivity index (χ2n) is 4.25. The Balaban J connectivity index is 3.17. The van der Waals surface area contributed by atoms with Crippen LogP contribution in [0.3, 0.4) is 0 Å². The molecule has 1 aromatic rings. The van der Waals surface area contributed by atoms with Crippen LogP contribution in [-0.4, -0.2) is 25.0 Å². The van der Waals surface area contributed by atoms with Crippen molar-refractivity contribution in [3.05, 3.63) is 17.0 Å². The second kappa shape index (κ2) is 5.89. The first kappa shape index (κ1) is 15.9. The van der Waals surface area contributed by atoms with Crippen LogP contribution < -0.4 is 10.5 Å². The lowest BCUT2D eigenvalue weighted by atomic mass is 9.93. The van der Waals surface area contributed by atoms with Gasteiger partial charge in [0.1, 0.15) is 4.21 Å². The van der Waals surface area contributed by atoms with Gasteiger partial charge in [0, 0.05) is 4.88 Å². The molecule has 19 heavy (non-hydrogen) atoms. The fraction of sp³-hybridized carbons (Fsp3) is 0.545. The number of nitrogens with two attached hydrogens (primary N) is 1.